The second-order valence-corrected chi connectivity index (χ2v) is 6.66. The molecule has 1 aliphatic rings. The van der Waals surface area contributed by atoms with Crippen molar-refractivity contribution in [2.75, 3.05) is 46.4 Å². The predicted octanol–water partition coefficient (Wildman–Crippen LogP) is 3.14. The third kappa shape index (κ3) is 7.70. The van der Waals surface area contributed by atoms with Gasteiger partial charge in [0.05, 0.1) is 7.11 Å². The van der Waals surface area contributed by atoms with Crippen molar-refractivity contribution in [3.8, 4) is 5.75 Å². The molecule has 0 aromatic heterocycles. The average molecular weight is 474 g/mol. The number of likely N-dealkylation sites (tertiary alicyclic amines) is 1. The Kier molecular flexibility index (Phi) is 11.7. The molecule has 0 radical (unpaired) electrons. The minimum absolute atomic E-state index is 0. The average Bonchev–Trinajstić information content (AvgIpc) is 3.08. The van der Waals surface area contributed by atoms with Gasteiger partial charge in [0.1, 0.15) is 5.75 Å². The second kappa shape index (κ2) is 13.2. The number of ether oxygens (including phenoxy) is 1. The lowest BCUT2D eigenvalue weighted by molar-refractivity contribution is 0.326. The number of guanidine groups is 1. The Morgan fingerprint density at radius 1 is 1.27 bits per heavy atom. The van der Waals surface area contributed by atoms with Gasteiger partial charge >= 0.3 is 0 Å². The Morgan fingerprint density at radius 3 is 2.81 bits per heavy atom. The SMILES string of the molecule is CCCN1CCC(CN=C(NCC)NCCc2ccccc2OC)C1.I. The molecule has 1 atom stereocenters. The lowest BCUT2D eigenvalue weighted by Gasteiger charge is -2.15. The number of halogens is 1. The van der Waals surface area contributed by atoms with Gasteiger partial charge in [-0.2, -0.15) is 0 Å². The van der Waals surface area contributed by atoms with E-state index in [1.54, 1.807) is 7.11 Å². The maximum absolute atomic E-state index is 5.42. The van der Waals surface area contributed by atoms with Gasteiger partial charge in [0.2, 0.25) is 0 Å². The van der Waals surface area contributed by atoms with Gasteiger partial charge in [-0.25, -0.2) is 0 Å². The number of benzene rings is 1. The highest BCUT2D eigenvalue weighted by molar-refractivity contribution is 14.0. The van der Waals surface area contributed by atoms with Gasteiger partial charge in [0.15, 0.2) is 5.96 Å². The molecule has 0 spiro atoms. The summed E-state index contributed by atoms with van der Waals surface area (Å²) in [5.74, 6) is 2.57. The molecule has 1 aromatic carbocycles. The van der Waals surface area contributed by atoms with Crippen LogP contribution in [0.2, 0.25) is 0 Å². The highest BCUT2D eigenvalue weighted by Crippen LogP contribution is 2.17. The van der Waals surface area contributed by atoms with E-state index < -0.39 is 0 Å². The van der Waals surface area contributed by atoms with Crippen LogP contribution in [-0.2, 0) is 6.42 Å². The van der Waals surface area contributed by atoms with Crippen molar-refractivity contribution in [2.45, 2.75) is 33.1 Å². The van der Waals surface area contributed by atoms with Crippen LogP contribution in [0.3, 0.4) is 0 Å². The first-order chi connectivity index (χ1) is 12.3. The number of rotatable bonds is 9. The van der Waals surface area contributed by atoms with E-state index in [4.69, 9.17) is 9.73 Å². The van der Waals surface area contributed by atoms with E-state index in [-0.39, 0.29) is 24.0 Å². The summed E-state index contributed by atoms with van der Waals surface area (Å²) in [6.45, 7) is 10.6. The van der Waals surface area contributed by atoms with Crippen LogP contribution in [0.4, 0.5) is 0 Å². The van der Waals surface area contributed by atoms with E-state index in [1.165, 1.54) is 38.0 Å². The lowest BCUT2D eigenvalue weighted by Crippen LogP contribution is -2.38. The van der Waals surface area contributed by atoms with Crippen LogP contribution in [0.5, 0.6) is 5.75 Å². The number of para-hydroxylation sites is 1. The van der Waals surface area contributed by atoms with Gasteiger partial charge in [-0.05, 0) is 56.8 Å². The van der Waals surface area contributed by atoms with E-state index in [0.717, 1.165) is 37.8 Å². The van der Waals surface area contributed by atoms with Gasteiger partial charge in [-0.3, -0.25) is 4.99 Å². The number of aliphatic imine (C=N–C) groups is 1. The van der Waals surface area contributed by atoms with Crippen LogP contribution in [-0.4, -0.2) is 57.2 Å². The second-order valence-electron chi connectivity index (χ2n) is 6.66. The first kappa shape index (κ1) is 23.0. The van der Waals surface area contributed by atoms with Crippen molar-refractivity contribution in [1.29, 1.82) is 0 Å². The van der Waals surface area contributed by atoms with Crippen molar-refractivity contribution >= 4 is 29.9 Å². The zero-order valence-corrected chi connectivity index (χ0v) is 18.8. The van der Waals surface area contributed by atoms with E-state index in [0.29, 0.717) is 5.92 Å². The Labute approximate surface area is 176 Å². The molecule has 1 heterocycles. The molecular weight excluding hydrogens is 439 g/mol. The molecule has 1 unspecified atom stereocenters. The topological polar surface area (TPSA) is 48.9 Å². The lowest BCUT2D eigenvalue weighted by atomic mass is 10.1. The summed E-state index contributed by atoms with van der Waals surface area (Å²) in [6, 6.07) is 8.19. The number of hydrogen-bond donors (Lipinski definition) is 2. The van der Waals surface area contributed by atoms with Crippen molar-refractivity contribution in [3.63, 3.8) is 0 Å². The van der Waals surface area contributed by atoms with Crippen LogP contribution < -0.4 is 15.4 Å². The van der Waals surface area contributed by atoms with Gasteiger partial charge in [0.25, 0.3) is 0 Å². The first-order valence-corrected chi connectivity index (χ1v) is 9.63. The molecule has 1 aromatic rings. The van der Waals surface area contributed by atoms with Crippen molar-refractivity contribution in [1.82, 2.24) is 15.5 Å². The van der Waals surface area contributed by atoms with Crippen LogP contribution in [0, 0.1) is 5.92 Å². The van der Waals surface area contributed by atoms with Gasteiger partial charge in [-0.1, -0.05) is 25.1 Å². The molecule has 1 saturated heterocycles. The fourth-order valence-corrected chi connectivity index (χ4v) is 3.37. The Bertz CT molecular complexity index is 538. The molecule has 2 N–H and O–H groups in total. The van der Waals surface area contributed by atoms with Gasteiger partial charge in [-0.15, -0.1) is 24.0 Å². The number of hydrogen-bond acceptors (Lipinski definition) is 3. The number of nitrogens with zero attached hydrogens (tertiary/aromatic N) is 2. The Morgan fingerprint density at radius 2 is 2.08 bits per heavy atom. The minimum Gasteiger partial charge on any atom is -0.496 e. The molecule has 1 aliphatic heterocycles. The molecule has 148 valence electrons. The quantitative estimate of drug-likeness (QED) is 0.328. The fourth-order valence-electron chi connectivity index (χ4n) is 3.37. The molecule has 1 fully saturated rings. The summed E-state index contributed by atoms with van der Waals surface area (Å²) >= 11 is 0. The molecule has 6 heteroatoms. The van der Waals surface area contributed by atoms with E-state index in [9.17, 15) is 0 Å². The largest absolute Gasteiger partial charge is 0.496 e. The number of methoxy groups -OCH3 is 1. The van der Waals surface area contributed by atoms with Crippen molar-refractivity contribution in [3.05, 3.63) is 29.8 Å². The molecule has 0 amide bonds. The van der Waals surface area contributed by atoms with Crippen molar-refractivity contribution < 1.29 is 4.74 Å². The maximum atomic E-state index is 5.42. The molecule has 5 nitrogen and oxygen atoms in total. The molecule has 0 bridgehead atoms. The summed E-state index contributed by atoms with van der Waals surface area (Å²) in [7, 11) is 1.72. The predicted molar refractivity (Wildman–Crippen MR) is 121 cm³/mol. The first-order valence-electron chi connectivity index (χ1n) is 9.63. The summed E-state index contributed by atoms with van der Waals surface area (Å²) < 4.78 is 5.42. The Balaban J connectivity index is 0.00000338. The summed E-state index contributed by atoms with van der Waals surface area (Å²) in [6.07, 6.45) is 3.43. The van der Waals surface area contributed by atoms with E-state index in [1.807, 2.05) is 12.1 Å². The molecule has 26 heavy (non-hydrogen) atoms. The van der Waals surface area contributed by atoms with Crippen LogP contribution >= 0.6 is 24.0 Å². The summed E-state index contributed by atoms with van der Waals surface area (Å²) in [5, 5.41) is 6.80. The monoisotopic (exact) mass is 474 g/mol. The molecule has 0 aliphatic carbocycles. The maximum Gasteiger partial charge on any atom is 0.191 e. The summed E-state index contributed by atoms with van der Waals surface area (Å²) in [4.78, 5) is 7.36. The minimum atomic E-state index is 0. The summed E-state index contributed by atoms with van der Waals surface area (Å²) in [5.41, 5.74) is 1.22. The highest BCUT2D eigenvalue weighted by atomic mass is 127. The molecule has 0 saturated carbocycles. The highest BCUT2D eigenvalue weighted by Gasteiger charge is 2.21. The Hall–Kier alpha value is -1.02. The van der Waals surface area contributed by atoms with Gasteiger partial charge < -0.3 is 20.3 Å². The standard InChI is InChI=1S/C20H34N4O.HI/c1-4-13-24-14-11-17(16-24)15-23-20(21-5-2)22-12-10-18-8-6-7-9-19(18)25-3;/h6-9,17H,4-5,10-16H2,1-3H3,(H2,21,22,23);1H. The van der Waals surface area contributed by atoms with E-state index >= 15 is 0 Å². The normalized spacial score (nSPS) is 17.7. The smallest absolute Gasteiger partial charge is 0.191 e. The zero-order valence-electron chi connectivity index (χ0n) is 16.5. The third-order valence-corrected chi connectivity index (χ3v) is 4.64. The van der Waals surface area contributed by atoms with E-state index in [2.05, 4.69) is 41.5 Å². The van der Waals surface area contributed by atoms with Crippen LogP contribution in [0.15, 0.2) is 29.3 Å². The zero-order chi connectivity index (χ0) is 17.9. The van der Waals surface area contributed by atoms with Gasteiger partial charge in [0, 0.05) is 26.2 Å². The molecular formula is C20H35IN4O. The third-order valence-electron chi connectivity index (χ3n) is 4.64. The van der Waals surface area contributed by atoms with Crippen molar-refractivity contribution in [2.24, 2.45) is 10.9 Å². The van der Waals surface area contributed by atoms with Crippen LogP contribution in [0.1, 0.15) is 32.3 Å². The molecule has 2 rings (SSSR count). The van der Waals surface area contributed by atoms with Crippen LogP contribution in [0.25, 0.3) is 0 Å². The fraction of sp³-hybridized carbons (Fsp3) is 0.650. The number of nitrogens with one attached hydrogen (secondary N) is 2.